The largest absolute Gasteiger partial charge is 0.508 e. The molecule has 0 aliphatic carbocycles. The lowest BCUT2D eigenvalue weighted by molar-refractivity contribution is 0.466. The van der Waals surface area contributed by atoms with Crippen LogP contribution in [0.4, 0.5) is 5.13 Å². The smallest absolute Gasteiger partial charge is 0.336 e. The number of aromatic nitrogens is 2. The van der Waals surface area contributed by atoms with Gasteiger partial charge in [-0.1, -0.05) is 36.9 Å². The molecule has 0 aliphatic rings. The molecule has 1 aromatic carbocycles. The Kier molecular flexibility index (Phi) is 5.60. The summed E-state index contributed by atoms with van der Waals surface area (Å²) in [5.41, 5.74) is 1.67. The summed E-state index contributed by atoms with van der Waals surface area (Å²) in [5.74, 6) is 0.733. The molecule has 0 saturated carbocycles. The number of benzene rings is 1. The third kappa shape index (κ3) is 4.13. The minimum absolute atomic E-state index is 0.152. The Morgan fingerprint density at radius 2 is 2.08 bits per heavy atom. The van der Waals surface area contributed by atoms with Crippen molar-refractivity contribution in [1.29, 1.82) is 0 Å². The van der Waals surface area contributed by atoms with E-state index < -0.39 is 5.63 Å². The predicted octanol–water partition coefficient (Wildman–Crippen LogP) is 4.03. The van der Waals surface area contributed by atoms with Gasteiger partial charge in [-0.05, 0) is 30.0 Å². The molecule has 0 spiro atoms. The highest BCUT2D eigenvalue weighted by atomic mass is 32.2. The maximum atomic E-state index is 11.8. The second-order valence-corrected chi connectivity index (χ2v) is 7.71. The number of nitrogens with zero attached hydrogens (tertiary/aromatic N) is 2. The molecule has 0 unspecified atom stereocenters. The average Bonchev–Trinajstić information content (AvgIpc) is 3.05. The molecule has 3 aromatic rings. The first kappa shape index (κ1) is 17.8. The van der Waals surface area contributed by atoms with E-state index in [4.69, 9.17) is 4.42 Å². The second kappa shape index (κ2) is 7.88. The van der Waals surface area contributed by atoms with E-state index in [9.17, 15) is 9.90 Å². The topological polar surface area (TPSA) is 88.3 Å². The average molecular weight is 377 g/mol. The van der Waals surface area contributed by atoms with E-state index in [0.717, 1.165) is 38.9 Å². The lowest BCUT2D eigenvalue weighted by Gasteiger charge is -2.07. The van der Waals surface area contributed by atoms with Crippen molar-refractivity contribution in [2.24, 2.45) is 0 Å². The number of fused-ring (bicyclic) bond motifs is 1. The Balaban J connectivity index is 1.85. The number of hydrogen-bond donors (Lipinski definition) is 2. The molecule has 0 saturated heterocycles. The quantitative estimate of drug-likeness (QED) is 0.475. The standard InChI is InChI=1S/C17H19N3O3S2/c1-3-5-18-16-19-20-17(25-16)24-9-11-7-15(22)23-14-8-13(21)10(4-2)6-12(11)14/h6-8,21H,3-5,9H2,1-2H3,(H,18,19). The molecule has 6 nitrogen and oxygen atoms in total. The molecule has 132 valence electrons. The zero-order valence-electron chi connectivity index (χ0n) is 14.0. The van der Waals surface area contributed by atoms with E-state index in [1.165, 1.54) is 35.2 Å². The number of thioether (sulfide) groups is 1. The number of nitrogens with one attached hydrogen (secondary N) is 1. The van der Waals surface area contributed by atoms with Crippen LogP contribution in [0.5, 0.6) is 5.75 Å². The van der Waals surface area contributed by atoms with Gasteiger partial charge in [0.2, 0.25) is 5.13 Å². The molecule has 2 aromatic heterocycles. The monoisotopic (exact) mass is 377 g/mol. The first-order chi connectivity index (χ1) is 12.1. The summed E-state index contributed by atoms with van der Waals surface area (Å²) >= 11 is 3.03. The highest BCUT2D eigenvalue weighted by Gasteiger charge is 2.12. The molecule has 2 heterocycles. The maximum Gasteiger partial charge on any atom is 0.336 e. The molecule has 25 heavy (non-hydrogen) atoms. The molecule has 0 aliphatic heterocycles. The van der Waals surface area contributed by atoms with Gasteiger partial charge in [-0.3, -0.25) is 0 Å². The van der Waals surface area contributed by atoms with E-state index >= 15 is 0 Å². The van der Waals surface area contributed by atoms with E-state index in [2.05, 4.69) is 22.4 Å². The zero-order chi connectivity index (χ0) is 17.8. The normalized spacial score (nSPS) is 11.1. The number of hydrogen-bond acceptors (Lipinski definition) is 8. The van der Waals surface area contributed by atoms with Crippen LogP contribution in [0, 0.1) is 0 Å². The van der Waals surface area contributed by atoms with Gasteiger partial charge in [0, 0.05) is 29.8 Å². The van der Waals surface area contributed by atoms with Crippen molar-refractivity contribution in [3.05, 3.63) is 39.7 Å². The van der Waals surface area contributed by atoms with Gasteiger partial charge in [0.05, 0.1) is 0 Å². The summed E-state index contributed by atoms with van der Waals surface area (Å²) in [6, 6.07) is 4.91. The van der Waals surface area contributed by atoms with Crippen LogP contribution in [0.25, 0.3) is 11.0 Å². The van der Waals surface area contributed by atoms with Crippen LogP contribution in [-0.2, 0) is 12.2 Å². The fourth-order valence-corrected chi connectivity index (χ4v) is 4.19. The number of aryl methyl sites for hydroxylation is 1. The predicted molar refractivity (Wildman–Crippen MR) is 102 cm³/mol. The molecular weight excluding hydrogens is 358 g/mol. The van der Waals surface area contributed by atoms with E-state index in [-0.39, 0.29) is 5.75 Å². The Morgan fingerprint density at radius 3 is 2.84 bits per heavy atom. The second-order valence-electron chi connectivity index (χ2n) is 5.51. The highest BCUT2D eigenvalue weighted by Crippen LogP contribution is 2.32. The number of phenols is 1. The van der Waals surface area contributed by atoms with Gasteiger partial charge in [-0.2, -0.15) is 0 Å². The molecule has 0 bridgehead atoms. The Bertz CT molecular complexity index is 937. The number of aromatic hydroxyl groups is 1. The maximum absolute atomic E-state index is 11.8. The van der Waals surface area contributed by atoms with Gasteiger partial charge in [0.25, 0.3) is 0 Å². The van der Waals surface area contributed by atoms with Gasteiger partial charge in [0.1, 0.15) is 11.3 Å². The van der Waals surface area contributed by atoms with Crippen molar-refractivity contribution in [3.63, 3.8) is 0 Å². The third-order valence-electron chi connectivity index (χ3n) is 3.69. The van der Waals surface area contributed by atoms with Crippen LogP contribution >= 0.6 is 23.1 Å². The summed E-state index contributed by atoms with van der Waals surface area (Å²) in [6.07, 6.45) is 1.73. The van der Waals surface area contributed by atoms with Crippen LogP contribution in [0.3, 0.4) is 0 Å². The zero-order valence-corrected chi connectivity index (χ0v) is 15.7. The molecule has 0 atom stereocenters. The number of anilines is 1. The van der Waals surface area contributed by atoms with Crippen molar-refractivity contribution in [3.8, 4) is 5.75 Å². The molecular formula is C17H19N3O3S2. The molecule has 3 rings (SSSR count). The first-order valence-corrected chi connectivity index (χ1v) is 9.89. The molecule has 0 radical (unpaired) electrons. The third-order valence-corrected chi connectivity index (χ3v) is 5.76. The van der Waals surface area contributed by atoms with E-state index in [1.807, 2.05) is 13.0 Å². The van der Waals surface area contributed by atoms with Crippen molar-refractivity contribution in [1.82, 2.24) is 10.2 Å². The van der Waals surface area contributed by atoms with Crippen molar-refractivity contribution >= 4 is 39.2 Å². The number of phenolic OH excluding ortho intramolecular Hbond substituents is 1. The van der Waals surface area contributed by atoms with Crippen molar-refractivity contribution < 1.29 is 9.52 Å². The summed E-state index contributed by atoms with van der Waals surface area (Å²) in [4.78, 5) is 11.8. The van der Waals surface area contributed by atoms with Gasteiger partial charge in [-0.25, -0.2) is 4.79 Å². The van der Waals surface area contributed by atoms with Crippen LogP contribution in [-0.4, -0.2) is 21.8 Å². The van der Waals surface area contributed by atoms with Crippen LogP contribution in [0.15, 0.2) is 31.8 Å². The summed E-state index contributed by atoms with van der Waals surface area (Å²) in [5, 5.41) is 23.1. The summed E-state index contributed by atoms with van der Waals surface area (Å²) in [7, 11) is 0. The Morgan fingerprint density at radius 1 is 1.24 bits per heavy atom. The molecule has 0 fully saturated rings. The fraction of sp³-hybridized carbons (Fsp3) is 0.353. The van der Waals surface area contributed by atoms with Gasteiger partial charge in [-0.15, -0.1) is 10.2 Å². The molecule has 2 N–H and O–H groups in total. The Hall–Kier alpha value is -2.06. The van der Waals surface area contributed by atoms with Crippen LogP contribution in [0.2, 0.25) is 0 Å². The summed E-state index contributed by atoms with van der Waals surface area (Å²) in [6.45, 7) is 4.94. The van der Waals surface area contributed by atoms with E-state index in [1.54, 1.807) is 0 Å². The van der Waals surface area contributed by atoms with E-state index in [0.29, 0.717) is 17.8 Å². The van der Waals surface area contributed by atoms with Crippen LogP contribution in [0.1, 0.15) is 31.4 Å². The van der Waals surface area contributed by atoms with Crippen molar-refractivity contribution in [2.75, 3.05) is 11.9 Å². The lowest BCUT2D eigenvalue weighted by Crippen LogP contribution is -2.00. The summed E-state index contributed by atoms with van der Waals surface area (Å²) < 4.78 is 6.07. The SMILES string of the molecule is CCCNc1nnc(SCc2cc(=O)oc3cc(O)c(CC)cc23)s1. The Labute approximate surface area is 153 Å². The molecule has 8 heteroatoms. The lowest BCUT2D eigenvalue weighted by atomic mass is 10.1. The molecule has 0 amide bonds. The van der Waals surface area contributed by atoms with Gasteiger partial charge >= 0.3 is 5.63 Å². The first-order valence-electron chi connectivity index (χ1n) is 8.09. The highest BCUT2D eigenvalue weighted by molar-refractivity contribution is 8.00. The minimum Gasteiger partial charge on any atom is -0.508 e. The minimum atomic E-state index is -0.422. The fourth-order valence-electron chi connectivity index (χ4n) is 2.42. The van der Waals surface area contributed by atoms with Crippen molar-refractivity contribution in [2.45, 2.75) is 36.8 Å². The number of rotatable bonds is 7. The van der Waals surface area contributed by atoms with Gasteiger partial charge in [0.15, 0.2) is 4.34 Å². The van der Waals surface area contributed by atoms with Gasteiger partial charge < -0.3 is 14.8 Å². The van der Waals surface area contributed by atoms with Crippen LogP contribution < -0.4 is 10.9 Å².